The third-order valence-electron chi connectivity index (χ3n) is 19.6. The van der Waals surface area contributed by atoms with Gasteiger partial charge in [0.15, 0.2) is 23.0 Å². The molecule has 0 saturated heterocycles. The van der Waals surface area contributed by atoms with Crippen LogP contribution in [0.5, 0.6) is 23.0 Å². The number of rotatable bonds is 22. The molecule has 28 heteroatoms. The number of carbonyl (C=O) groups is 8. The van der Waals surface area contributed by atoms with Crippen LogP contribution in [0.1, 0.15) is 145 Å². The summed E-state index contributed by atoms with van der Waals surface area (Å²) in [5.74, 6) is 0.356. The number of carbonyl (C=O) groups excluding carboxylic acids is 8. The molecule has 4 aliphatic rings. The van der Waals surface area contributed by atoms with Crippen molar-refractivity contribution in [1.82, 2.24) is 24.7 Å². The molecule has 4 aromatic heterocycles. The van der Waals surface area contributed by atoms with E-state index in [1.165, 1.54) is 35.3 Å². The molecule has 14 rings (SSSR count). The summed E-state index contributed by atoms with van der Waals surface area (Å²) in [7, 11) is 10.4. The molecular formula is C85H92N12O12S2Y2-2. The van der Waals surface area contributed by atoms with Crippen molar-refractivity contribution < 1.29 is 123 Å². The molecule has 0 fully saturated rings. The van der Waals surface area contributed by atoms with Crippen molar-refractivity contribution in [3.8, 4) is 23.0 Å². The minimum Gasteiger partial charge on any atom is -0.522 e. The fourth-order valence-electron chi connectivity index (χ4n) is 13.9. The van der Waals surface area contributed by atoms with E-state index < -0.39 is 0 Å². The maximum atomic E-state index is 13.8. The van der Waals surface area contributed by atoms with Gasteiger partial charge in [-0.25, -0.2) is 13.1 Å². The topological polar surface area (TPSA) is 268 Å². The van der Waals surface area contributed by atoms with E-state index >= 15 is 0 Å². The molecule has 10 aromatic rings. The van der Waals surface area contributed by atoms with Crippen LogP contribution in [0, 0.1) is 23.9 Å². The average Bonchev–Trinajstić information content (AvgIpc) is 1.60. The Hall–Kier alpha value is -9.43. The van der Waals surface area contributed by atoms with Crippen LogP contribution in [0.15, 0.2) is 146 Å². The summed E-state index contributed by atoms with van der Waals surface area (Å²) < 4.78 is 28.7. The summed E-state index contributed by atoms with van der Waals surface area (Å²) in [5, 5.41) is 19.3. The maximum Gasteiger partial charge on any atom is 0.272 e. The molecule has 0 bridgehead atoms. The van der Waals surface area contributed by atoms with E-state index in [-0.39, 0.29) is 162 Å². The van der Waals surface area contributed by atoms with E-state index in [9.17, 15) is 38.4 Å². The number of hydrogen-bond donors (Lipinski definition) is 6. The number of likely N-dealkylation sites (N-methyl/N-ethyl adjacent to an activating group) is 2. The van der Waals surface area contributed by atoms with Gasteiger partial charge in [-0.05, 0) is 157 Å². The fraction of sp³-hybridized carbons (Fsp3) is 0.318. The Morgan fingerprint density at radius 3 is 1.40 bits per heavy atom. The number of ether oxygens (including phenoxy) is 4. The largest absolute Gasteiger partial charge is 0.522 e. The number of aromatic nitrogens is 2. The first-order chi connectivity index (χ1) is 53.0. The Bertz CT molecular complexity index is 5290. The van der Waals surface area contributed by atoms with E-state index in [4.69, 9.17) is 18.9 Å². The Labute approximate surface area is 716 Å². The van der Waals surface area contributed by atoms with Gasteiger partial charge >= 0.3 is 0 Å². The number of benzene rings is 6. The van der Waals surface area contributed by atoms with Gasteiger partial charge in [-0.3, -0.25) is 38.4 Å². The first-order valence-corrected chi connectivity index (χ1v) is 38.5. The third-order valence-corrected chi connectivity index (χ3v) is 21.8. The number of anilines is 7. The van der Waals surface area contributed by atoms with Crippen molar-refractivity contribution in [2.24, 2.45) is 24.9 Å². The molecule has 6 aromatic carbocycles. The molecule has 584 valence electrons. The summed E-state index contributed by atoms with van der Waals surface area (Å²) in [6, 6.07) is 41.2. The van der Waals surface area contributed by atoms with Gasteiger partial charge in [0.2, 0.25) is 11.8 Å². The first-order valence-electron chi connectivity index (χ1n) is 36.9. The third kappa shape index (κ3) is 19.9. The predicted octanol–water partition coefficient (Wildman–Crippen LogP) is 14.5. The summed E-state index contributed by atoms with van der Waals surface area (Å²) >= 11 is 2.82. The number of nitrogens with zero attached hydrogens (tertiary/aromatic N) is 6. The van der Waals surface area contributed by atoms with E-state index in [1.54, 1.807) is 73.1 Å². The number of amides is 8. The molecule has 0 unspecified atom stereocenters. The standard InChI is InChI=1S/C43H47N6O6S.C42H45N6O6S.2Y/c1-43(2,3)25-44-41(52)38-18-28-16-29(13-14-37(28)56-38)46-40(51)34-19-30(23-47(34)4)45-39(50)12-9-15-55-36-21-33-32(20-35(36)54-6)42(53)49-22-27-11-8-7-10-26(27)17-31(49)24-48(33)5;1-42(2,3)24-43-40(51)37-18-26-16-27(13-14-36(26)55-37)45-39(50)33-19-28(22-46(33)4)44-38(49)12-9-15-54-35-21-32-30(20-34(35)53-6)41(52)48-29(23-47(32)5)17-25-10-7-8-11-31(25)48;;/h7-8,10-11,13-14,16,18-21,23-24,31H,9,12,15,17,22,25H2,1-6H3,(H,44,52)(H,45,50)(H,46,51);7-8,10-11,13-14,16,18-23,29H,9,12,15,17,24H2,1-6H3,(H,43,51)(H,44,49)(H,45,50);;/q2*-1;;/t31-;29-;;/m00../s1. The van der Waals surface area contributed by atoms with Crippen molar-refractivity contribution in [2.75, 3.05) is 90.6 Å². The monoisotopic (exact) mass is 1710 g/mol. The average molecular weight is 1720 g/mol. The molecule has 8 heterocycles. The molecule has 8 amide bonds. The Balaban J connectivity index is 0.000000219. The van der Waals surface area contributed by atoms with Crippen LogP contribution in [0.4, 0.5) is 39.8 Å². The number of thiophene rings is 2. The van der Waals surface area contributed by atoms with Gasteiger partial charge in [-0.15, -0.1) is 22.7 Å². The number of nitrogens with one attached hydrogen (secondary N) is 6. The summed E-state index contributed by atoms with van der Waals surface area (Å²) in [4.78, 5) is 114. The van der Waals surface area contributed by atoms with Crippen LogP contribution in [0.2, 0.25) is 0 Å². The number of aryl methyl sites for hydroxylation is 2. The second-order valence-corrected chi connectivity index (χ2v) is 32.8. The molecule has 0 aliphatic carbocycles. The van der Waals surface area contributed by atoms with Crippen molar-refractivity contribution in [3.63, 3.8) is 0 Å². The molecule has 6 N–H and O–H groups in total. The van der Waals surface area contributed by atoms with Crippen LogP contribution >= 0.6 is 22.7 Å². The van der Waals surface area contributed by atoms with Gasteiger partial charge in [-0.2, -0.15) is 0 Å². The van der Waals surface area contributed by atoms with Gasteiger partial charge in [-0.1, -0.05) is 96.1 Å². The second-order valence-electron chi connectivity index (χ2n) is 30.7. The van der Waals surface area contributed by atoms with Crippen molar-refractivity contribution in [2.45, 2.75) is 98.7 Å². The zero-order chi connectivity index (χ0) is 78.7. The summed E-state index contributed by atoms with van der Waals surface area (Å²) in [5.41, 5.74) is 9.85. The number of methoxy groups -OCH3 is 2. The molecular weight excluding hydrogens is 1620 g/mol. The zero-order valence-electron chi connectivity index (χ0n) is 65.5. The Morgan fingerprint density at radius 1 is 0.478 bits per heavy atom. The second kappa shape index (κ2) is 35.9. The number of para-hydroxylation sites is 1. The summed E-state index contributed by atoms with van der Waals surface area (Å²) in [6.45, 7) is 18.7. The van der Waals surface area contributed by atoms with Crippen molar-refractivity contribution in [1.29, 1.82) is 0 Å². The molecule has 113 heavy (non-hydrogen) atoms. The van der Waals surface area contributed by atoms with Crippen molar-refractivity contribution >= 4 is 130 Å². The van der Waals surface area contributed by atoms with Crippen LogP contribution in [0.25, 0.3) is 20.2 Å². The van der Waals surface area contributed by atoms with Crippen LogP contribution in [-0.2, 0) is 108 Å². The van der Waals surface area contributed by atoms with Crippen LogP contribution < -0.4 is 65.5 Å². The normalized spacial score (nSPS) is 14.7. The Morgan fingerprint density at radius 2 is 0.920 bits per heavy atom. The van der Waals surface area contributed by atoms with Crippen LogP contribution in [0.3, 0.4) is 0 Å². The molecule has 2 atom stereocenters. The van der Waals surface area contributed by atoms with Gasteiger partial charge in [0.05, 0.1) is 59.7 Å². The van der Waals surface area contributed by atoms with E-state index in [0.29, 0.717) is 116 Å². The van der Waals surface area contributed by atoms with Gasteiger partial charge in [0.1, 0.15) is 11.4 Å². The fourth-order valence-corrected chi connectivity index (χ4v) is 15.9. The van der Waals surface area contributed by atoms with E-state index in [2.05, 4.69) is 105 Å². The summed E-state index contributed by atoms with van der Waals surface area (Å²) in [6.07, 6.45) is 6.08. The molecule has 0 spiro atoms. The van der Waals surface area contributed by atoms with Gasteiger partial charge in [0.25, 0.3) is 35.4 Å². The van der Waals surface area contributed by atoms with E-state index in [1.807, 2.05) is 119 Å². The minimum atomic E-state index is -0.334. The van der Waals surface area contributed by atoms with E-state index in [0.717, 1.165) is 55.5 Å². The molecule has 2 radical (unpaired) electrons. The maximum absolute atomic E-state index is 13.8. The van der Waals surface area contributed by atoms with Crippen molar-refractivity contribution in [3.05, 3.63) is 208 Å². The minimum absolute atomic E-state index is 0. The van der Waals surface area contributed by atoms with Gasteiger partial charge < -0.3 is 79.6 Å². The SMILES string of the molecule is COc1cc2c(cc1OCCCC(=O)Nc1cc(C(=O)Nc3ccc4sc(C(=O)NCC(C)(C)C)cc4c3)n(C)c1)N(C)[CH-][C@@H]1Cc3ccccc3CN1C2=O.COc1cc2c(cc1OCCCC(=O)Nc1cc(C(=O)Nc3ccc4sc(C(=O)NCC(C)(C)C)cc4c3)n(C)c1)N(C)[CH-][C@@H]1Cc3ccccc3N1C2=O.[Y].[Y]. The van der Waals surface area contributed by atoms with Gasteiger partial charge in [0, 0.05) is 174 Å². The first kappa shape index (κ1) is 84.5. The zero-order valence-corrected chi connectivity index (χ0v) is 72.8. The molecule has 0 saturated carbocycles. The number of hydrogen-bond acceptors (Lipinski definition) is 16. The smallest absolute Gasteiger partial charge is 0.272 e. The molecule has 4 aliphatic heterocycles. The number of fused-ring (bicyclic) bond motifs is 9. The predicted molar refractivity (Wildman–Crippen MR) is 437 cm³/mol. The molecule has 24 nitrogen and oxygen atoms in total. The Kier molecular flexibility index (Phi) is 26.9. The quantitative estimate of drug-likeness (QED) is 0.0272. The van der Waals surface area contributed by atoms with Crippen LogP contribution in [-0.4, -0.2) is 128 Å².